The summed E-state index contributed by atoms with van der Waals surface area (Å²) in [5.41, 5.74) is 3.50. The summed E-state index contributed by atoms with van der Waals surface area (Å²) in [6.07, 6.45) is 9.37. The molecule has 1 aromatic carbocycles. The van der Waals surface area contributed by atoms with Crippen molar-refractivity contribution in [3.63, 3.8) is 0 Å². The third-order valence-electron chi connectivity index (χ3n) is 5.14. The van der Waals surface area contributed by atoms with Gasteiger partial charge in [-0.15, -0.1) is 0 Å². The van der Waals surface area contributed by atoms with Crippen LogP contribution in [0.25, 0.3) is 22.2 Å². The van der Waals surface area contributed by atoms with Crippen LogP contribution in [-0.2, 0) is 11.8 Å². The molecule has 1 aliphatic rings. The smallest absolute Gasteiger partial charge is 0.247 e. The molecule has 3 aromatic heterocycles. The zero-order valence-electron chi connectivity index (χ0n) is 16.5. The van der Waals surface area contributed by atoms with Crippen molar-refractivity contribution < 1.29 is 4.79 Å². The molecular weight excluding hydrogens is 378 g/mol. The van der Waals surface area contributed by atoms with E-state index in [4.69, 9.17) is 0 Å². The van der Waals surface area contributed by atoms with E-state index in [2.05, 4.69) is 32.3 Å². The minimum Gasteiger partial charge on any atom is -0.350 e. The van der Waals surface area contributed by atoms with Gasteiger partial charge in [-0.3, -0.25) is 9.48 Å². The van der Waals surface area contributed by atoms with Gasteiger partial charge in [0.25, 0.3) is 0 Å². The highest BCUT2D eigenvalue weighted by Gasteiger charge is 2.24. The largest absolute Gasteiger partial charge is 0.350 e. The number of benzene rings is 1. The van der Waals surface area contributed by atoms with Crippen LogP contribution in [0.5, 0.6) is 0 Å². The SMILES string of the molecule is C=CC(=O)Nc1ccc2c(-c3ccnc(Nc4ccn(C5CC5)n4)n3)cn(C)c2c1. The van der Waals surface area contributed by atoms with Crippen LogP contribution in [0.1, 0.15) is 18.9 Å². The van der Waals surface area contributed by atoms with Crippen LogP contribution in [0.2, 0.25) is 0 Å². The molecule has 3 heterocycles. The Hall–Kier alpha value is -3.94. The highest BCUT2D eigenvalue weighted by Crippen LogP contribution is 2.35. The second kappa shape index (κ2) is 7.14. The maximum Gasteiger partial charge on any atom is 0.247 e. The number of fused-ring (bicyclic) bond motifs is 1. The number of aryl methyl sites for hydroxylation is 1. The van der Waals surface area contributed by atoms with Crippen molar-refractivity contribution in [2.75, 3.05) is 10.6 Å². The second-order valence-corrected chi connectivity index (χ2v) is 7.38. The minimum atomic E-state index is -0.237. The lowest BCUT2D eigenvalue weighted by atomic mass is 10.1. The maximum atomic E-state index is 11.6. The first-order valence-corrected chi connectivity index (χ1v) is 9.79. The molecule has 0 atom stereocenters. The molecule has 1 saturated carbocycles. The predicted octanol–water partition coefficient (Wildman–Crippen LogP) is 4.03. The van der Waals surface area contributed by atoms with E-state index in [9.17, 15) is 4.79 Å². The van der Waals surface area contributed by atoms with Crippen molar-refractivity contribution in [1.29, 1.82) is 0 Å². The number of carbonyl (C=O) groups is 1. The van der Waals surface area contributed by atoms with Crippen LogP contribution < -0.4 is 10.6 Å². The summed E-state index contributed by atoms with van der Waals surface area (Å²) >= 11 is 0. The van der Waals surface area contributed by atoms with Crippen molar-refractivity contribution in [2.24, 2.45) is 7.05 Å². The first-order valence-electron chi connectivity index (χ1n) is 9.79. The molecule has 0 radical (unpaired) electrons. The van der Waals surface area contributed by atoms with E-state index in [1.54, 1.807) is 6.20 Å². The number of carbonyl (C=O) groups excluding carboxylic acids is 1. The van der Waals surface area contributed by atoms with Crippen LogP contribution in [0.3, 0.4) is 0 Å². The van der Waals surface area contributed by atoms with Crippen LogP contribution in [0, 0.1) is 0 Å². The molecule has 1 amide bonds. The first kappa shape index (κ1) is 18.1. The normalized spacial score (nSPS) is 13.4. The van der Waals surface area contributed by atoms with Crippen molar-refractivity contribution in [1.82, 2.24) is 24.3 Å². The van der Waals surface area contributed by atoms with Gasteiger partial charge in [0.15, 0.2) is 5.82 Å². The maximum absolute atomic E-state index is 11.6. The number of amides is 1. The molecule has 150 valence electrons. The Morgan fingerprint density at radius 2 is 2.13 bits per heavy atom. The fraction of sp³-hybridized carbons (Fsp3) is 0.182. The minimum absolute atomic E-state index is 0.237. The van der Waals surface area contributed by atoms with E-state index in [0.29, 0.717) is 12.0 Å². The molecule has 0 spiro atoms. The van der Waals surface area contributed by atoms with E-state index in [1.807, 2.05) is 59.0 Å². The summed E-state index contributed by atoms with van der Waals surface area (Å²) in [4.78, 5) is 20.6. The summed E-state index contributed by atoms with van der Waals surface area (Å²) in [5.74, 6) is 0.999. The molecule has 8 nitrogen and oxygen atoms in total. The topological polar surface area (TPSA) is 89.7 Å². The summed E-state index contributed by atoms with van der Waals surface area (Å²) in [7, 11) is 1.97. The fourth-order valence-electron chi connectivity index (χ4n) is 3.49. The zero-order chi connectivity index (χ0) is 20.7. The standard InChI is InChI=1S/C22H21N7O/c1-3-21(30)24-14-4-7-16-17(13-28(2)19(16)12-14)18-8-10-23-22(25-18)26-20-9-11-29(27-20)15-5-6-15/h3-4,7-13,15H,1,5-6H2,2H3,(H,24,30)(H,23,25,26,27). The Labute approximate surface area is 173 Å². The van der Waals surface area contributed by atoms with Crippen molar-refractivity contribution in [3.8, 4) is 11.3 Å². The highest BCUT2D eigenvalue weighted by molar-refractivity contribution is 6.02. The van der Waals surface area contributed by atoms with Crippen LogP contribution in [0.4, 0.5) is 17.5 Å². The number of aromatic nitrogens is 5. The number of nitrogens with one attached hydrogen (secondary N) is 2. The monoisotopic (exact) mass is 399 g/mol. The molecular formula is C22H21N7O. The quantitative estimate of drug-likeness (QED) is 0.478. The lowest BCUT2D eigenvalue weighted by Gasteiger charge is -2.05. The van der Waals surface area contributed by atoms with E-state index in [-0.39, 0.29) is 5.91 Å². The third-order valence-corrected chi connectivity index (χ3v) is 5.14. The number of hydrogen-bond donors (Lipinski definition) is 2. The Morgan fingerprint density at radius 1 is 1.27 bits per heavy atom. The van der Waals surface area contributed by atoms with E-state index >= 15 is 0 Å². The van der Waals surface area contributed by atoms with Gasteiger partial charge in [-0.2, -0.15) is 5.10 Å². The molecule has 1 fully saturated rings. The molecule has 0 aliphatic heterocycles. The average molecular weight is 399 g/mol. The zero-order valence-corrected chi connectivity index (χ0v) is 16.5. The van der Waals surface area contributed by atoms with E-state index in [1.165, 1.54) is 18.9 Å². The molecule has 1 aliphatic carbocycles. The Bertz CT molecular complexity index is 1270. The third kappa shape index (κ3) is 3.43. The molecule has 0 unspecified atom stereocenters. The molecule has 5 rings (SSSR count). The Kier molecular flexibility index (Phi) is 4.31. The average Bonchev–Trinajstić information content (AvgIpc) is 3.42. The summed E-state index contributed by atoms with van der Waals surface area (Å²) < 4.78 is 4.00. The molecule has 30 heavy (non-hydrogen) atoms. The van der Waals surface area contributed by atoms with Gasteiger partial charge in [0.2, 0.25) is 11.9 Å². The Morgan fingerprint density at radius 3 is 2.93 bits per heavy atom. The molecule has 2 N–H and O–H groups in total. The van der Waals surface area contributed by atoms with Gasteiger partial charge in [-0.25, -0.2) is 9.97 Å². The van der Waals surface area contributed by atoms with Crippen LogP contribution >= 0.6 is 0 Å². The predicted molar refractivity (Wildman–Crippen MR) is 117 cm³/mol. The van der Waals surface area contributed by atoms with E-state index < -0.39 is 0 Å². The van der Waals surface area contributed by atoms with Gasteiger partial charge in [-0.05, 0) is 37.1 Å². The van der Waals surface area contributed by atoms with Crippen molar-refractivity contribution >= 4 is 34.3 Å². The Balaban J connectivity index is 1.45. The summed E-state index contributed by atoms with van der Waals surface area (Å²) in [5, 5.41) is 11.6. The number of anilines is 3. The lowest BCUT2D eigenvalue weighted by molar-refractivity contribution is -0.111. The number of hydrogen-bond acceptors (Lipinski definition) is 5. The first-order chi connectivity index (χ1) is 14.6. The highest BCUT2D eigenvalue weighted by atomic mass is 16.1. The summed E-state index contributed by atoms with van der Waals surface area (Å²) in [6, 6.07) is 10.1. The van der Waals surface area contributed by atoms with E-state index in [0.717, 1.165) is 33.7 Å². The lowest BCUT2D eigenvalue weighted by Crippen LogP contribution is -2.07. The van der Waals surface area contributed by atoms with Gasteiger partial charge in [0.1, 0.15) is 0 Å². The fourth-order valence-corrected chi connectivity index (χ4v) is 3.49. The van der Waals surface area contributed by atoms with Crippen LogP contribution in [0.15, 0.2) is 61.6 Å². The summed E-state index contributed by atoms with van der Waals surface area (Å²) in [6.45, 7) is 3.49. The number of rotatable bonds is 6. The molecule has 0 bridgehead atoms. The molecule has 4 aromatic rings. The van der Waals surface area contributed by atoms with Gasteiger partial charge in [-0.1, -0.05) is 12.6 Å². The van der Waals surface area contributed by atoms with Gasteiger partial charge >= 0.3 is 0 Å². The molecule has 8 heteroatoms. The number of nitrogens with zero attached hydrogens (tertiary/aromatic N) is 5. The second-order valence-electron chi connectivity index (χ2n) is 7.38. The van der Waals surface area contributed by atoms with Gasteiger partial charge in [0.05, 0.1) is 17.3 Å². The van der Waals surface area contributed by atoms with Crippen LogP contribution in [-0.4, -0.2) is 30.2 Å². The van der Waals surface area contributed by atoms with Gasteiger partial charge < -0.3 is 15.2 Å². The molecule has 0 saturated heterocycles. The van der Waals surface area contributed by atoms with Gasteiger partial charge in [0, 0.05) is 48.3 Å². The van der Waals surface area contributed by atoms with Crippen molar-refractivity contribution in [2.45, 2.75) is 18.9 Å². The van der Waals surface area contributed by atoms with Crippen molar-refractivity contribution in [3.05, 3.63) is 61.6 Å².